The van der Waals surface area contributed by atoms with Gasteiger partial charge in [-0.1, -0.05) is 50.3 Å². The summed E-state index contributed by atoms with van der Waals surface area (Å²) in [5.41, 5.74) is 1.59. The molecule has 38 heavy (non-hydrogen) atoms. The second kappa shape index (κ2) is 11.4. The van der Waals surface area contributed by atoms with E-state index in [1.54, 1.807) is 0 Å². The van der Waals surface area contributed by atoms with Crippen LogP contribution in [0.4, 0.5) is 5.69 Å². The maximum atomic E-state index is 13.9. The summed E-state index contributed by atoms with van der Waals surface area (Å²) in [5, 5.41) is 6.52. The Balaban J connectivity index is 1.24. The van der Waals surface area contributed by atoms with Crippen molar-refractivity contribution in [3.05, 3.63) is 29.8 Å². The molecule has 1 unspecified atom stereocenters. The fraction of sp³-hybridized carbons (Fsp3) is 0.710. The maximum absolute atomic E-state index is 13.9. The molecule has 4 aliphatic rings. The molecule has 2 saturated carbocycles. The number of benzene rings is 1. The van der Waals surface area contributed by atoms with Crippen LogP contribution in [0, 0.1) is 11.8 Å². The Kier molecular flexibility index (Phi) is 8.13. The van der Waals surface area contributed by atoms with Gasteiger partial charge < -0.3 is 20.4 Å². The molecule has 3 fully saturated rings. The summed E-state index contributed by atoms with van der Waals surface area (Å²) in [7, 11) is 1.96. The predicted octanol–water partition coefficient (Wildman–Crippen LogP) is 4.15. The highest BCUT2D eigenvalue weighted by Crippen LogP contribution is 2.43. The van der Waals surface area contributed by atoms with E-state index in [4.69, 9.17) is 0 Å². The molecular formula is C31H46N4O3. The lowest BCUT2D eigenvalue weighted by atomic mass is 9.84. The van der Waals surface area contributed by atoms with E-state index in [1.807, 2.05) is 42.8 Å². The third-order valence-electron chi connectivity index (χ3n) is 9.85. The fourth-order valence-corrected chi connectivity index (χ4v) is 7.41. The number of piperidine rings is 1. The molecule has 0 bridgehead atoms. The van der Waals surface area contributed by atoms with Gasteiger partial charge in [0.2, 0.25) is 17.7 Å². The highest BCUT2D eigenvalue weighted by molar-refractivity contribution is 6.08. The van der Waals surface area contributed by atoms with Gasteiger partial charge in [0.15, 0.2) is 0 Å². The van der Waals surface area contributed by atoms with E-state index in [-0.39, 0.29) is 29.7 Å². The molecule has 2 N–H and O–H groups in total. The molecule has 1 saturated heterocycles. The molecule has 2 heterocycles. The van der Waals surface area contributed by atoms with Gasteiger partial charge in [-0.05, 0) is 77.0 Å². The minimum atomic E-state index is -0.522. The predicted molar refractivity (Wildman–Crippen MR) is 150 cm³/mol. The molecule has 1 aromatic carbocycles. The number of nitrogens with zero attached hydrogens (tertiary/aromatic N) is 2. The highest BCUT2D eigenvalue weighted by atomic mass is 16.2. The number of carbonyl (C=O) groups excluding carboxylic acids is 3. The van der Waals surface area contributed by atoms with Crippen LogP contribution in [0.2, 0.25) is 0 Å². The molecule has 7 heteroatoms. The number of hydrogen-bond donors (Lipinski definition) is 2. The lowest BCUT2D eigenvalue weighted by molar-refractivity contribution is -0.139. The Bertz CT molecular complexity index is 1030. The van der Waals surface area contributed by atoms with E-state index >= 15 is 0 Å². The fourth-order valence-electron chi connectivity index (χ4n) is 7.41. The average Bonchev–Trinajstić information content (AvgIpc) is 3.50. The number of carbonyl (C=O) groups is 3. The van der Waals surface area contributed by atoms with Gasteiger partial charge in [0.1, 0.15) is 6.04 Å². The maximum Gasteiger partial charge on any atom is 0.245 e. The van der Waals surface area contributed by atoms with Crippen LogP contribution < -0.4 is 15.5 Å². The molecule has 0 spiro atoms. The Morgan fingerprint density at radius 2 is 1.71 bits per heavy atom. The molecule has 2 aliphatic carbocycles. The minimum Gasteiger partial charge on any atom is -0.344 e. The van der Waals surface area contributed by atoms with Crippen molar-refractivity contribution in [2.45, 2.75) is 108 Å². The Morgan fingerprint density at radius 1 is 1.00 bits per heavy atom. The van der Waals surface area contributed by atoms with Gasteiger partial charge >= 0.3 is 0 Å². The molecule has 0 radical (unpaired) electrons. The van der Waals surface area contributed by atoms with Gasteiger partial charge in [-0.3, -0.25) is 14.4 Å². The van der Waals surface area contributed by atoms with Crippen molar-refractivity contribution in [1.82, 2.24) is 15.5 Å². The van der Waals surface area contributed by atoms with E-state index in [0.29, 0.717) is 25.0 Å². The van der Waals surface area contributed by atoms with Crippen molar-refractivity contribution < 1.29 is 14.4 Å². The quantitative estimate of drug-likeness (QED) is 0.564. The summed E-state index contributed by atoms with van der Waals surface area (Å²) >= 11 is 0. The number of likely N-dealkylation sites (tertiary alicyclic amines) is 1. The smallest absolute Gasteiger partial charge is 0.245 e. The first-order chi connectivity index (χ1) is 18.3. The molecule has 7 nitrogen and oxygen atoms in total. The van der Waals surface area contributed by atoms with Gasteiger partial charge in [0.05, 0.1) is 5.41 Å². The van der Waals surface area contributed by atoms with E-state index in [1.165, 1.54) is 19.3 Å². The average molecular weight is 523 g/mol. The van der Waals surface area contributed by atoms with Crippen molar-refractivity contribution in [3.63, 3.8) is 0 Å². The summed E-state index contributed by atoms with van der Waals surface area (Å²) in [6.07, 6.45) is 11.0. The molecule has 3 amide bonds. The van der Waals surface area contributed by atoms with Crippen molar-refractivity contribution in [3.8, 4) is 0 Å². The third kappa shape index (κ3) is 5.36. The summed E-state index contributed by atoms with van der Waals surface area (Å²) in [6, 6.07) is 8.16. The topological polar surface area (TPSA) is 81.8 Å². The van der Waals surface area contributed by atoms with Crippen LogP contribution in [-0.2, 0) is 19.8 Å². The van der Waals surface area contributed by atoms with Crippen LogP contribution in [0.15, 0.2) is 24.3 Å². The van der Waals surface area contributed by atoms with Gasteiger partial charge in [0, 0.05) is 36.8 Å². The zero-order valence-electron chi connectivity index (χ0n) is 23.5. The van der Waals surface area contributed by atoms with Crippen LogP contribution in [-0.4, -0.2) is 60.9 Å². The van der Waals surface area contributed by atoms with Gasteiger partial charge in [-0.25, -0.2) is 0 Å². The lowest BCUT2D eigenvalue weighted by Gasteiger charge is -2.39. The van der Waals surface area contributed by atoms with E-state index in [9.17, 15) is 14.4 Å². The van der Waals surface area contributed by atoms with Crippen molar-refractivity contribution in [2.24, 2.45) is 11.8 Å². The molecule has 5 rings (SSSR count). The zero-order valence-corrected chi connectivity index (χ0v) is 23.5. The first-order valence-corrected chi connectivity index (χ1v) is 15.0. The molecule has 1 aromatic rings. The number of rotatable bonds is 7. The number of fused-ring (bicyclic) bond motifs is 1. The van der Waals surface area contributed by atoms with Crippen LogP contribution in [0.5, 0.6) is 0 Å². The third-order valence-corrected chi connectivity index (χ3v) is 9.85. The largest absolute Gasteiger partial charge is 0.344 e. The number of anilines is 1. The van der Waals surface area contributed by atoms with Crippen molar-refractivity contribution in [1.29, 1.82) is 0 Å². The van der Waals surface area contributed by atoms with Gasteiger partial charge in [-0.2, -0.15) is 0 Å². The first-order valence-electron chi connectivity index (χ1n) is 15.0. The molecule has 208 valence electrons. The number of nitrogens with one attached hydrogen (secondary N) is 2. The van der Waals surface area contributed by atoms with Crippen LogP contribution in [0.25, 0.3) is 0 Å². The highest BCUT2D eigenvalue weighted by Gasteiger charge is 2.47. The number of para-hydroxylation sites is 1. The molecular weight excluding hydrogens is 476 g/mol. The first kappa shape index (κ1) is 27.2. The van der Waals surface area contributed by atoms with Crippen molar-refractivity contribution >= 4 is 23.4 Å². The zero-order chi connectivity index (χ0) is 26.9. The standard InChI is InChI=1S/C31H46N4O3/c1-31(2)25-11-7-8-12-27(25)35(30(31)38)24-15-17-34(18-16-24)29(37)26(19-21-9-5-4-6-10-21)33-28(36)22-13-14-23(20-22)32-3/h7-8,11-12,21-24,26,32H,4-6,9-10,13-20H2,1-3H3,(H,33,36)/t22-,23+,26?/m0/s1. The summed E-state index contributed by atoms with van der Waals surface area (Å²) in [4.78, 5) is 44.4. The van der Waals surface area contributed by atoms with Crippen molar-refractivity contribution in [2.75, 3.05) is 25.0 Å². The van der Waals surface area contributed by atoms with E-state index in [0.717, 1.165) is 62.6 Å². The van der Waals surface area contributed by atoms with Crippen LogP contribution in [0.3, 0.4) is 0 Å². The summed E-state index contributed by atoms with van der Waals surface area (Å²) in [5.74, 6) is 0.768. The van der Waals surface area contributed by atoms with Gasteiger partial charge in [0.25, 0.3) is 0 Å². The number of amides is 3. The summed E-state index contributed by atoms with van der Waals surface area (Å²) in [6.45, 7) is 5.26. The van der Waals surface area contributed by atoms with Crippen LogP contribution in [0.1, 0.15) is 90.0 Å². The Morgan fingerprint density at radius 3 is 2.39 bits per heavy atom. The summed E-state index contributed by atoms with van der Waals surface area (Å²) < 4.78 is 0. The Hall–Kier alpha value is -2.41. The Labute approximate surface area is 228 Å². The molecule has 3 atom stereocenters. The normalized spacial score (nSPS) is 26.9. The van der Waals surface area contributed by atoms with E-state index < -0.39 is 11.5 Å². The number of hydrogen-bond acceptors (Lipinski definition) is 4. The van der Waals surface area contributed by atoms with Gasteiger partial charge in [-0.15, -0.1) is 0 Å². The van der Waals surface area contributed by atoms with E-state index in [2.05, 4.69) is 22.8 Å². The second-order valence-corrected chi connectivity index (χ2v) is 12.7. The lowest BCUT2D eigenvalue weighted by Crippen LogP contribution is -2.55. The monoisotopic (exact) mass is 522 g/mol. The molecule has 0 aromatic heterocycles. The molecule has 2 aliphatic heterocycles. The second-order valence-electron chi connectivity index (χ2n) is 12.7. The minimum absolute atomic E-state index is 0.00977. The van der Waals surface area contributed by atoms with Crippen LogP contribution >= 0.6 is 0 Å². The SMILES string of the molecule is CN[C@@H]1CC[C@H](C(=O)NC(CC2CCCCC2)C(=O)N2CCC(N3C(=O)C(C)(C)c4ccccc43)CC2)C1.